The van der Waals surface area contributed by atoms with E-state index in [1.54, 1.807) is 36.0 Å². The van der Waals surface area contributed by atoms with Crippen molar-refractivity contribution >= 4 is 46.6 Å². The van der Waals surface area contributed by atoms with Gasteiger partial charge in [0.25, 0.3) is 5.91 Å². The monoisotopic (exact) mass is 341 g/mol. The van der Waals surface area contributed by atoms with E-state index >= 15 is 0 Å². The second-order valence-electron chi connectivity index (χ2n) is 4.12. The number of hydrogen-bond acceptors (Lipinski definition) is 3. The molecule has 2 aromatic carbocycles. The molecule has 0 bridgehead atoms. The Kier molecular flexibility index (Phi) is 5.39. The molecule has 3 nitrogen and oxygen atoms in total. The molecule has 0 fully saturated rings. The predicted molar refractivity (Wildman–Crippen MR) is 89.2 cm³/mol. The van der Waals surface area contributed by atoms with Crippen molar-refractivity contribution in [2.24, 2.45) is 0 Å². The molecule has 0 saturated heterocycles. The zero-order chi connectivity index (χ0) is 15.4. The van der Waals surface area contributed by atoms with Gasteiger partial charge in [0.2, 0.25) is 0 Å². The Hall–Kier alpha value is -1.36. The molecule has 0 saturated carbocycles. The Bertz CT molecular complexity index is 677. The van der Waals surface area contributed by atoms with Gasteiger partial charge in [0, 0.05) is 4.90 Å². The molecule has 0 atom stereocenters. The number of carbonyl (C=O) groups is 1. The number of methoxy groups -OCH3 is 1. The zero-order valence-electron chi connectivity index (χ0n) is 11.4. The fourth-order valence-electron chi connectivity index (χ4n) is 1.78. The van der Waals surface area contributed by atoms with Crippen LogP contribution < -0.4 is 10.1 Å². The summed E-state index contributed by atoms with van der Waals surface area (Å²) >= 11 is 13.6. The largest absolute Gasteiger partial charge is 0.496 e. The smallest absolute Gasteiger partial charge is 0.259 e. The van der Waals surface area contributed by atoms with E-state index in [1.165, 1.54) is 7.11 Å². The van der Waals surface area contributed by atoms with Crippen LogP contribution in [0.2, 0.25) is 10.0 Å². The highest BCUT2D eigenvalue weighted by Gasteiger charge is 2.15. The highest BCUT2D eigenvalue weighted by molar-refractivity contribution is 7.98. The number of carbonyl (C=O) groups excluding carboxylic acids is 1. The Balaban J connectivity index is 2.30. The quantitative estimate of drug-likeness (QED) is 0.797. The topological polar surface area (TPSA) is 38.3 Å². The molecule has 0 heterocycles. The summed E-state index contributed by atoms with van der Waals surface area (Å²) in [5.74, 6) is 0.209. The average molecular weight is 342 g/mol. The van der Waals surface area contributed by atoms with Crippen molar-refractivity contribution in [1.82, 2.24) is 0 Å². The summed E-state index contributed by atoms with van der Waals surface area (Å²) in [6.07, 6.45) is 1.96. The van der Waals surface area contributed by atoms with E-state index < -0.39 is 0 Å². The predicted octanol–water partition coefficient (Wildman–Crippen LogP) is 4.98. The van der Waals surface area contributed by atoms with Gasteiger partial charge in [-0.3, -0.25) is 4.79 Å². The van der Waals surface area contributed by atoms with Crippen LogP contribution in [0, 0.1) is 0 Å². The van der Waals surface area contributed by atoms with Crippen LogP contribution in [-0.4, -0.2) is 19.3 Å². The number of amides is 1. The first-order chi connectivity index (χ1) is 10.1. The van der Waals surface area contributed by atoms with Gasteiger partial charge in [-0.05, 0) is 36.6 Å². The lowest BCUT2D eigenvalue weighted by Gasteiger charge is -2.11. The number of hydrogen-bond donors (Lipinski definition) is 1. The fraction of sp³-hybridized carbons (Fsp3) is 0.133. The fourth-order valence-corrected chi connectivity index (χ4v) is 2.55. The molecule has 0 aromatic heterocycles. The first-order valence-corrected chi connectivity index (χ1v) is 8.02. The summed E-state index contributed by atoms with van der Waals surface area (Å²) in [5.41, 5.74) is 0.900. The number of rotatable bonds is 4. The minimum atomic E-state index is -0.302. The van der Waals surface area contributed by atoms with Gasteiger partial charge in [-0.15, -0.1) is 11.8 Å². The average Bonchev–Trinajstić information content (AvgIpc) is 2.51. The third-order valence-electron chi connectivity index (χ3n) is 2.85. The van der Waals surface area contributed by atoms with Crippen LogP contribution in [0.25, 0.3) is 0 Å². The van der Waals surface area contributed by atoms with Crippen molar-refractivity contribution in [1.29, 1.82) is 0 Å². The van der Waals surface area contributed by atoms with Gasteiger partial charge < -0.3 is 10.1 Å². The van der Waals surface area contributed by atoms with E-state index in [0.717, 1.165) is 4.90 Å². The maximum absolute atomic E-state index is 12.4. The lowest BCUT2D eigenvalue weighted by Crippen LogP contribution is -2.13. The second-order valence-corrected chi connectivity index (χ2v) is 5.79. The van der Waals surface area contributed by atoms with Gasteiger partial charge in [0.15, 0.2) is 0 Å². The molecule has 110 valence electrons. The van der Waals surface area contributed by atoms with Crippen molar-refractivity contribution in [3.8, 4) is 5.75 Å². The van der Waals surface area contributed by atoms with Crippen molar-refractivity contribution in [2.75, 3.05) is 18.7 Å². The van der Waals surface area contributed by atoms with Crippen LogP contribution in [-0.2, 0) is 0 Å². The summed E-state index contributed by atoms with van der Waals surface area (Å²) in [7, 11) is 1.53. The first kappa shape index (κ1) is 16.0. The first-order valence-electron chi connectivity index (χ1n) is 6.04. The van der Waals surface area contributed by atoms with Gasteiger partial charge in [-0.2, -0.15) is 0 Å². The number of anilines is 1. The minimum absolute atomic E-state index is 0.302. The molecule has 0 radical (unpaired) electrons. The molecule has 0 aliphatic heterocycles. The Labute approximate surface area is 137 Å². The van der Waals surface area contributed by atoms with Crippen LogP contribution in [0.3, 0.4) is 0 Å². The van der Waals surface area contributed by atoms with E-state index in [9.17, 15) is 4.79 Å². The van der Waals surface area contributed by atoms with Crippen LogP contribution in [0.5, 0.6) is 5.75 Å². The number of halogens is 2. The van der Waals surface area contributed by atoms with E-state index in [0.29, 0.717) is 27.0 Å². The standard InChI is InChI=1S/C15H13Cl2NO2S/c1-20-13-8-9(21-2)6-7-10(13)15(19)18-12-5-3-4-11(16)14(12)17/h3-8H,1-2H3,(H,18,19). The van der Waals surface area contributed by atoms with Gasteiger partial charge in [-0.25, -0.2) is 0 Å². The van der Waals surface area contributed by atoms with Crippen molar-refractivity contribution < 1.29 is 9.53 Å². The van der Waals surface area contributed by atoms with E-state index in [1.807, 2.05) is 18.4 Å². The second kappa shape index (κ2) is 7.07. The molecule has 0 aliphatic carbocycles. The highest BCUT2D eigenvalue weighted by Crippen LogP contribution is 2.31. The highest BCUT2D eigenvalue weighted by atomic mass is 35.5. The number of benzene rings is 2. The van der Waals surface area contributed by atoms with Crippen LogP contribution >= 0.6 is 35.0 Å². The van der Waals surface area contributed by atoms with Gasteiger partial charge in [0.05, 0.1) is 28.4 Å². The lowest BCUT2D eigenvalue weighted by atomic mass is 10.2. The van der Waals surface area contributed by atoms with Gasteiger partial charge in [-0.1, -0.05) is 29.3 Å². The molecular formula is C15H13Cl2NO2S. The summed E-state index contributed by atoms with van der Waals surface area (Å²) in [6, 6.07) is 10.5. The molecule has 21 heavy (non-hydrogen) atoms. The SMILES string of the molecule is COc1cc(SC)ccc1C(=O)Nc1cccc(Cl)c1Cl. The third kappa shape index (κ3) is 3.64. The molecule has 2 aromatic rings. The van der Waals surface area contributed by atoms with Crippen molar-refractivity contribution in [3.63, 3.8) is 0 Å². The maximum Gasteiger partial charge on any atom is 0.259 e. The summed E-state index contributed by atoms with van der Waals surface area (Å²) in [5, 5.41) is 3.44. The summed E-state index contributed by atoms with van der Waals surface area (Å²) < 4.78 is 5.27. The molecule has 0 spiro atoms. The van der Waals surface area contributed by atoms with Gasteiger partial charge in [0.1, 0.15) is 5.75 Å². The van der Waals surface area contributed by atoms with Crippen LogP contribution in [0.1, 0.15) is 10.4 Å². The molecule has 1 amide bonds. The molecule has 2 rings (SSSR count). The summed E-state index contributed by atoms with van der Waals surface area (Å²) in [6.45, 7) is 0. The maximum atomic E-state index is 12.4. The Morgan fingerprint density at radius 3 is 2.67 bits per heavy atom. The Morgan fingerprint density at radius 1 is 1.24 bits per heavy atom. The van der Waals surface area contributed by atoms with E-state index in [4.69, 9.17) is 27.9 Å². The number of thioether (sulfide) groups is 1. The summed E-state index contributed by atoms with van der Waals surface area (Å²) in [4.78, 5) is 13.4. The zero-order valence-corrected chi connectivity index (χ0v) is 13.8. The molecule has 1 N–H and O–H groups in total. The van der Waals surface area contributed by atoms with E-state index in [-0.39, 0.29) is 5.91 Å². The molecule has 6 heteroatoms. The molecular weight excluding hydrogens is 329 g/mol. The minimum Gasteiger partial charge on any atom is -0.496 e. The molecule has 0 unspecified atom stereocenters. The number of ether oxygens (including phenoxy) is 1. The Morgan fingerprint density at radius 2 is 2.00 bits per heavy atom. The van der Waals surface area contributed by atoms with Crippen LogP contribution in [0.15, 0.2) is 41.3 Å². The van der Waals surface area contributed by atoms with Crippen LogP contribution in [0.4, 0.5) is 5.69 Å². The van der Waals surface area contributed by atoms with E-state index in [2.05, 4.69) is 5.32 Å². The molecule has 0 aliphatic rings. The normalized spacial score (nSPS) is 10.3. The third-order valence-corrected chi connectivity index (χ3v) is 4.40. The van der Waals surface area contributed by atoms with Gasteiger partial charge >= 0.3 is 0 Å². The lowest BCUT2D eigenvalue weighted by molar-refractivity contribution is 0.102. The van der Waals surface area contributed by atoms with Crippen molar-refractivity contribution in [2.45, 2.75) is 4.90 Å². The number of nitrogens with one attached hydrogen (secondary N) is 1. The van der Waals surface area contributed by atoms with Crippen molar-refractivity contribution in [3.05, 3.63) is 52.0 Å².